The van der Waals surface area contributed by atoms with Gasteiger partial charge in [0.15, 0.2) is 0 Å². The van der Waals surface area contributed by atoms with Crippen molar-refractivity contribution in [3.8, 4) is 0 Å². The minimum Gasteiger partial charge on any atom is -0.354 e. The van der Waals surface area contributed by atoms with Gasteiger partial charge in [-0.05, 0) is 55.3 Å². The average molecular weight is 499 g/mol. The van der Waals surface area contributed by atoms with E-state index in [1.165, 1.54) is 56.4 Å². The maximum Gasteiger partial charge on any atom is 0.264 e. The number of carbonyl (C=O) groups excluding carboxylic acids is 1. The van der Waals surface area contributed by atoms with E-state index in [0.29, 0.717) is 11.8 Å². The Morgan fingerprint density at radius 1 is 1.12 bits per heavy atom. The SMILES string of the molecule is O=C(CN(c1ccc(F)c(Cl)c1)S(=O)(=O)c1ccccc1)NCCCSC1CCCCC1. The molecule has 1 saturated carbocycles. The van der Waals surface area contributed by atoms with Crippen LogP contribution in [0.15, 0.2) is 53.4 Å². The second-order valence-corrected chi connectivity index (χ2v) is 11.4. The summed E-state index contributed by atoms with van der Waals surface area (Å²) in [7, 11) is -4.04. The van der Waals surface area contributed by atoms with Crippen molar-refractivity contribution in [2.24, 2.45) is 0 Å². The molecule has 1 fully saturated rings. The van der Waals surface area contributed by atoms with Crippen LogP contribution in [0.25, 0.3) is 0 Å². The van der Waals surface area contributed by atoms with E-state index in [2.05, 4.69) is 5.32 Å². The summed E-state index contributed by atoms with van der Waals surface area (Å²) in [6.45, 7) is 0.0525. The van der Waals surface area contributed by atoms with Gasteiger partial charge in [0.05, 0.1) is 15.6 Å². The minimum absolute atomic E-state index is 0.0390. The highest BCUT2D eigenvalue weighted by Crippen LogP contribution is 2.29. The van der Waals surface area contributed by atoms with E-state index in [4.69, 9.17) is 11.6 Å². The lowest BCUT2D eigenvalue weighted by Crippen LogP contribution is -2.41. The zero-order valence-corrected chi connectivity index (χ0v) is 20.2. The Kier molecular flexibility index (Phi) is 9.25. The molecular weight excluding hydrogens is 471 g/mol. The Bertz CT molecular complexity index is 1000. The third-order valence-corrected chi connectivity index (χ3v) is 8.90. The van der Waals surface area contributed by atoms with Gasteiger partial charge >= 0.3 is 0 Å². The van der Waals surface area contributed by atoms with E-state index < -0.39 is 28.3 Å². The number of halogens is 2. The van der Waals surface area contributed by atoms with Crippen LogP contribution in [-0.2, 0) is 14.8 Å². The monoisotopic (exact) mass is 498 g/mol. The molecule has 1 aliphatic carbocycles. The van der Waals surface area contributed by atoms with Crippen LogP contribution in [0.3, 0.4) is 0 Å². The standard InChI is InChI=1S/C23H28ClFN2O3S2/c24-21-16-18(12-13-22(21)25)27(32(29,30)20-10-5-2-6-11-20)17-23(28)26-14-7-15-31-19-8-3-1-4-9-19/h2,5-6,10-13,16,19H,1,3-4,7-9,14-15,17H2,(H,26,28). The van der Waals surface area contributed by atoms with Crippen molar-refractivity contribution in [2.45, 2.75) is 48.7 Å². The number of nitrogens with one attached hydrogen (secondary N) is 1. The third-order valence-electron chi connectivity index (χ3n) is 5.36. The topological polar surface area (TPSA) is 66.5 Å². The Hall–Kier alpha value is -1.77. The molecule has 0 radical (unpaired) electrons. The third kappa shape index (κ3) is 6.86. The van der Waals surface area contributed by atoms with Gasteiger partial charge < -0.3 is 5.32 Å². The predicted molar refractivity (Wildman–Crippen MR) is 129 cm³/mol. The van der Waals surface area contributed by atoms with Crippen LogP contribution in [-0.4, -0.2) is 38.4 Å². The minimum atomic E-state index is -4.04. The van der Waals surface area contributed by atoms with E-state index >= 15 is 0 Å². The van der Waals surface area contributed by atoms with Crippen molar-refractivity contribution in [1.29, 1.82) is 0 Å². The maximum absolute atomic E-state index is 13.6. The molecule has 2 aromatic rings. The molecule has 5 nitrogen and oxygen atoms in total. The van der Waals surface area contributed by atoms with Crippen LogP contribution in [0, 0.1) is 5.82 Å². The molecule has 1 amide bonds. The molecule has 0 spiro atoms. The summed E-state index contributed by atoms with van der Waals surface area (Å²) in [5, 5.41) is 3.31. The van der Waals surface area contributed by atoms with Crippen LogP contribution in [0.2, 0.25) is 5.02 Å². The number of rotatable bonds is 10. The molecule has 1 aliphatic rings. The van der Waals surface area contributed by atoms with Crippen LogP contribution < -0.4 is 9.62 Å². The van der Waals surface area contributed by atoms with E-state index in [1.807, 2.05) is 11.8 Å². The smallest absolute Gasteiger partial charge is 0.264 e. The number of thioether (sulfide) groups is 1. The average Bonchev–Trinajstić information content (AvgIpc) is 2.80. The number of amides is 1. The van der Waals surface area contributed by atoms with Gasteiger partial charge in [-0.2, -0.15) is 11.8 Å². The second kappa shape index (κ2) is 11.9. The van der Waals surface area contributed by atoms with Crippen molar-refractivity contribution in [1.82, 2.24) is 5.32 Å². The highest BCUT2D eigenvalue weighted by Gasteiger charge is 2.27. The van der Waals surface area contributed by atoms with Gasteiger partial charge in [-0.3, -0.25) is 9.10 Å². The van der Waals surface area contributed by atoms with Crippen molar-refractivity contribution >= 4 is 45.0 Å². The fourth-order valence-electron chi connectivity index (χ4n) is 3.64. The summed E-state index contributed by atoms with van der Waals surface area (Å²) in [4.78, 5) is 12.6. The number of carbonyl (C=O) groups is 1. The van der Waals surface area contributed by atoms with Gasteiger partial charge in [0.25, 0.3) is 10.0 Å². The number of benzene rings is 2. The number of anilines is 1. The summed E-state index contributed by atoms with van der Waals surface area (Å²) in [6.07, 6.45) is 7.28. The summed E-state index contributed by atoms with van der Waals surface area (Å²) in [5.74, 6) is -0.120. The molecule has 0 bridgehead atoms. The first kappa shape index (κ1) is 24.9. The van der Waals surface area contributed by atoms with Crippen molar-refractivity contribution in [3.63, 3.8) is 0 Å². The van der Waals surface area contributed by atoms with Crippen molar-refractivity contribution in [3.05, 3.63) is 59.4 Å². The number of nitrogens with zero attached hydrogens (tertiary/aromatic N) is 1. The van der Waals surface area contributed by atoms with Gasteiger partial charge in [0.1, 0.15) is 12.4 Å². The lowest BCUT2D eigenvalue weighted by molar-refractivity contribution is -0.119. The Balaban J connectivity index is 1.63. The number of hydrogen-bond donors (Lipinski definition) is 1. The van der Waals surface area contributed by atoms with Gasteiger partial charge in [0, 0.05) is 11.8 Å². The Morgan fingerprint density at radius 2 is 1.84 bits per heavy atom. The predicted octanol–water partition coefficient (Wildman–Crippen LogP) is 5.25. The van der Waals surface area contributed by atoms with Crippen LogP contribution >= 0.6 is 23.4 Å². The highest BCUT2D eigenvalue weighted by atomic mass is 35.5. The number of sulfonamides is 1. The van der Waals surface area contributed by atoms with Crippen LogP contribution in [0.1, 0.15) is 38.5 Å². The molecular formula is C23H28ClFN2O3S2. The molecule has 0 heterocycles. The molecule has 0 saturated heterocycles. The molecule has 0 aliphatic heterocycles. The molecule has 3 rings (SSSR count). The first-order valence-electron chi connectivity index (χ1n) is 10.8. The highest BCUT2D eigenvalue weighted by molar-refractivity contribution is 7.99. The fraction of sp³-hybridized carbons (Fsp3) is 0.435. The first-order chi connectivity index (χ1) is 15.4. The molecule has 0 unspecified atom stereocenters. The Labute approximate surface area is 198 Å². The summed E-state index contributed by atoms with van der Waals surface area (Å²) >= 11 is 7.83. The molecule has 0 atom stereocenters. The molecule has 32 heavy (non-hydrogen) atoms. The summed E-state index contributed by atoms with van der Waals surface area (Å²) in [6, 6.07) is 11.4. The molecule has 174 valence electrons. The van der Waals surface area contributed by atoms with Crippen molar-refractivity contribution in [2.75, 3.05) is 23.1 Å². The van der Waals surface area contributed by atoms with Gasteiger partial charge in [-0.1, -0.05) is 49.1 Å². The largest absolute Gasteiger partial charge is 0.354 e. The van der Waals surface area contributed by atoms with Crippen LogP contribution in [0.4, 0.5) is 10.1 Å². The zero-order valence-electron chi connectivity index (χ0n) is 17.8. The van der Waals surface area contributed by atoms with E-state index in [1.54, 1.807) is 18.2 Å². The van der Waals surface area contributed by atoms with Gasteiger partial charge in [-0.25, -0.2) is 12.8 Å². The van der Waals surface area contributed by atoms with E-state index in [0.717, 1.165) is 22.5 Å². The Morgan fingerprint density at radius 3 is 2.53 bits per heavy atom. The zero-order chi connectivity index (χ0) is 23.0. The number of hydrogen-bond acceptors (Lipinski definition) is 4. The molecule has 1 N–H and O–H groups in total. The lowest BCUT2D eigenvalue weighted by Gasteiger charge is -2.24. The normalized spacial score (nSPS) is 14.8. The second-order valence-electron chi connectivity index (χ2n) is 7.76. The summed E-state index contributed by atoms with van der Waals surface area (Å²) in [5.41, 5.74) is 0.128. The van der Waals surface area contributed by atoms with Crippen molar-refractivity contribution < 1.29 is 17.6 Å². The summed E-state index contributed by atoms with van der Waals surface area (Å²) < 4.78 is 41.0. The van der Waals surface area contributed by atoms with Gasteiger partial charge in [-0.15, -0.1) is 0 Å². The lowest BCUT2D eigenvalue weighted by atomic mass is 10.0. The van der Waals surface area contributed by atoms with Gasteiger partial charge in [0.2, 0.25) is 5.91 Å². The maximum atomic E-state index is 13.6. The van der Waals surface area contributed by atoms with E-state index in [-0.39, 0.29) is 15.6 Å². The quantitative estimate of drug-likeness (QED) is 0.454. The van der Waals surface area contributed by atoms with Crippen LogP contribution in [0.5, 0.6) is 0 Å². The molecule has 9 heteroatoms. The molecule has 2 aromatic carbocycles. The van der Waals surface area contributed by atoms with E-state index in [9.17, 15) is 17.6 Å². The fourth-order valence-corrected chi connectivity index (χ4v) is 6.56. The first-order valence-corrected chi connectivity index (χ1v) is 13.7. The molecule has 0 aromatic heterocycles.